The average molecular weight is 331 g/mol. The number of rotatable bonds is 15. The van der Waals surface area contributed by atoms with Gasteiger partial charge in [-0.2, -0.15) is 0 Å². The number of hydrogen-bond donors (Lipinski definition) is 0. The van der Waals surface area contributed by atoms with E-state index in [1.807, 2.05) is 0 Å². The lowest BCUT2D eigenvalue weighted by molar-refractivity contribution is 0.142. The quantitative estimate of drug-likeness (QED) is 0.250. The predicted molar refractivity (Wildman–Crippen MR) is 101 cm³/mol. The van der Waals surface area contributed by atoms with Crippen molar-refractivity contribution in [2.45, 2.75) is 98.6 Å². The van der Waals surface area contributed by atoms with Gasteiger partial charge in [-0.3, -0.25) is 0 Å². The van der Waals surface area contributed by atoms with Crippen molar-refractivity contribution in [2.75, 3.05) is 13.2 Å². The van der Waals surface area contributed by atoms with Crippen LogP contribution in [0.3, 0.4) is 0 Å². The summed E-state index contributed by atoms with van der Waals surface area (Å²) in [5, 5.41) is 0. The Morgan fingerprint density at radius 3 is 1.50 bits per heavy atom. The molecule has 0 rings (SSSR count). The van der Waals surface area contributed by atoms with Crippen LogP contribution >= 0.6 is 0 Å². The molecule has 0 aliphatic rings. The number of unbranched alkanes of at least 4 members (excludes halogenated alkanes) is 7. The average Bonchev–Trinajstić information content (AvgIpc) is 2.46. The molecule has 0 aromatic heterocycles. The fourth-order valence-electron chi connectivity index (χ4n) is 2.45. The molecule has 134 valence electrons. The van der Waals surface area contributed by atoms with Gasteiger partial charge in [-0.05, 0) is 24.4 Å². The van der Waals surface area contributed by atoms with Gasteiger partial charge < -0.3 is 8.85 Å². The van der Waals surface area contributed by atoms with Crippen LogP contribution in [0.4, 0.5) is 0 Å². The highest BCUT2D eigenvalue weighted by molar-refractivity contribution is 6.66. The Balaban J connectivity index is 3.91. The Morgan fingerprint density at radius 2 is 1.09 bits per heavy atom. The molecule has 22 heavy (non-hydrogen) atoms. The molecule has 0 aliphatic heterocycles. The summed E-state index contributed by atoms with van der Waals surface area (Å²) in [4.78, 5) is 0. The van der Waals surface area contributed by atoms with Gasteiger partial charge in [-0.15, -0.1) is 0 Å². The molecule has 0 atom stereocenters. The minimum atomic E-state index is -1.96. The summed E-state index contributed by atoms with van der Waals surface area (Å²) in [5.41, 5.74) is 0. The Hall–Kier alpha value is 0.137. The van der Waals surface area contributed by atoms with E-state index in [1.165, 1.54) is 51.4 Å². The van der Waals surface area contributed by atoms with Gasteiger partial charge in [0.2, 0.25) is 0 Å². The minimum Gasteiger partial charge on any atom is -0.394 e. The maximum Gasteiger partial charge on any atom is 0.334 e. The molecular weight excluding hydrogens is 288 g/mol. The van der Waals surface area contributed by atoms with Crippen LogP contribution in [0, 0.1) is 11.8 Å². The summed E-state index contributed by atoms with van der Waals surface area (Å²) in [7, 11) is -1.96. The molecule has 0 saturated heterocycles. The highest BCUT2D eigenvalue weighted by Crippen LogP contribution is 2.21. The van der Waals surface area contributed by atoms with Gasteiger partial charge in [-0.25, -0.2) is 0 Å². The van der Waals surface area contributed by atoms with Crippen LogP contribution in [-0.2, 0) is 8.85 Å². The third-order valence-electron chi connectivity index (χ3n) is 3.93. The Bertz CT molecular complexity index is 230. The highest BCUT2D eigenvalue weighted by atomic mass is 28.4. The van der Waals surface area contributed by atoms with Crippen molar-refractivity contribution in [2.24, 2.45) is 11.8 Å². The monoisotopic (exact) mass is 330 g/mol. The first kappa shape index (κ1) is 22.1. The molecule has 2 nitrogen and oxygen atoms in total. The number of hydrogen-bond acceptors (Lipinski definition) is 2. The standard InChI is InChI=1S/C19H42O2Si/c1-7-8-9-10-11-12-13-14-15-22(6,20-16-18(2)3)21-17-19(4)5/h18-19H,7-17H2,1-6H3. The first-order chi connectivity index (χ1) is 10.4. The molecule has 3 heteroatoms. The molecule has 0 amide bonds. The molecule has 0 radical (unpaired) electrons. The summed E-state index contributed by atoms with van der Waals surface area (Å²) in [5.74, 6) is 1.18. The van der Waals surface area contributed by atoms with Crippen LogP contribution in [0.1, 0.15) is 86.0 Å². The van der Waals surface area contributed by atoms with Gasteiger partial charge in [0.1, 0.15) is 0 Å². The van der Waals surface area contributed by atoms with Crippen molar-refractivity contribution < 1.29 is 8.85 Å². The zero-order valence-corrected chi connectivity index (χ0v) is 17.2. The highest BCUT2D eigenvalue weighted by Gasteiger charge is 2.31. The van der Waals surface area contributed by atoms with Crippen LogP contribution in [-0.4, -0.2) is 21.8 Å². The van der Waals surface area contributed by atoms with Crippen LogP contribution in [0.15, 0.2) is 0 Å². The first-order valence-corrected chi connectivity index (χ1v) is 12.2. The summed E-state index contributed by atoms with van der Waals surface area (Å²) in [6.07, 6.45) is 11.0. The van der Waals surface area contributed by atoms with Gasteiger partial charge >= 0.3 is 8.56 Å². The SMILES string of the molecule is CCCCCCCCCC[Si](C)(OCC(C)C)OCC(C)C. The van der Waals surface area contributed by atoms with E-state index < -0.39 is 8.56 Å². The fraction of sp³-hybridized carbons (Fsp3) is 1.00. The van der Waals surface area contributed by atoms with E-state index in [1.54, 1.807) is 0 Å². The van der Waals surface area contributed by atoms with E-state index in [0.29, 0.717) is 11.8 Å². The van der Waals surface area contributed by atoms with Gasteiger partial charge in [0.05, 0.1) is 0 Å². The van der Waals surface area contributed by atoms with Crippen molar-refractivity contribution in [1.29, 1.82) is 0 Å². The van der Waals surface area contributed by atoms with Gasteiger partial charge in [0, 0.05) is 13.2 Å². The van der Waals surface area contributed by atoms with Crippen molar-refractivity contribution in [3.05, 3.63) is 0 Å². The second-order valence-electron chi connectivity index (χ2n) is 7.77. The molecule has 0 heterocycles. The molecule has 0 aromatic rings. The van der Waals surface area contributed by atoms with Crippen molar-refractivity contribution in [1.82, 2.24) is 0 Å². The van der Waals surface area contributed by atoms with E-state index in [2.05, 4.69) is 41.2 Å². The van der Waals surface area contributed by atoms with E-state index >= 15 is 0 Å². The van der Waals surface area contributed by atoms with Crippen LogP contribution in [0.5, 0.6) is 0 Å². The van der Waals surface area contributed by atoms with Crippen LogP contribution in [0.2, 0.25) is 12.6 Å². The summed E-state index contributed by atoms with van der Waals surface area (Å²) in [6.45, 7) is 15.1. The largest absolute Gasteiger partial charge is 0.394 e. The molecule has 0 bridgehead atoms. The molecule has 0 saturated carbocycles. The Kier molecular flexibility index (Phi) is 13.6. The van der Waals surface area contributed by atoms with E-state index in [-0.39, 0.29) is 0 Å². The first-order valence-electron chi connectivity index (χ1n) is 9.67. The maximum absolute atomic E-state index is 6.22. The molecule has 0 aromatic carbocycles. The Labute approximate surface area is 141 Å². The zero-order valence-electron chi connectivity index (χ0n) is 16.2. The summed E-state index contributed by atoms with van der Waals surface area (Å²) < 4.78 is 12.4. The molecule has 0 aliphatic carbocycles. The molecular formula is C19H42O2Si. The van der Waals surface area contributed by atoms with Crippen LogP contribution < -0.4 is 0 Å². The molecule has 0 spiro atoms. The smallest absolute Gasteiger partial charge is 0.334 e. The topological polar surface area (TPSA) is 18.5 Å². The van der Waals surface area contributed by atoms with Crippen molar-refractivity contribution >= 4 is 8.56 Å². The van der Waals surface area contributed by atoms with Crippen LogP contribution in [0.25, 0.3) is 0 Å². The lowest BCUT2D eigenvalue weighted by Crippen LogP contribution is -2.40. The molecule has 0 N–H and O–H groups in total. The second-order valence-corrected chi connectivity index (χ2v) is 11.1. The summed E-state index contributed by atoms with van der Waals surface area (Å²) >= 11 is 0. The van der Waals surface area contributed by atoms with E-state index in [4.69, 9.17) is 8.85 Å². The third-order valence-corrected chi connectivity index (χ3v) is 6.74. The third kappa shape index (κ3) is 13.8. The maximum atomic E-state index is 6.22. The fourth-order valence-corrected chi connectivity index (χ4v) is 5.09. The zero-order chi connectivity index (χ0) is 16.8. The van der Waals surface area contributed by atoms with Gasteiger partial charge in [-0.1, -0.05) is 86.0 Å². The molecule has 0 unspecified atom stereocenters. The van der Waals surface area contributed by atoms with Gasteiger partial charge in [0.15, 0.2) is 0 Å². The van der Waals surface area contributed by atoms with Gasteiger partial charge in [0.25, 0.3) is 0 Å². The lowest BCUT2D eigenvalue weighted by atomic mass is 10.1. The van der Waals surface area contributed by atoms with Crippen molar-refractivity contribution in [3.8, 4) is 0 Å². The minimum absolute atomic E-state index is 0.591. The summed E-state index contributed by atoms with van der Waals surface area (Å²) in [6, 6.07) is 1.15. The lowest BCUT2D eigenvalue weighted by Gasteiger charge is -2.29. The van der Waals surface area contributed by atoms with Crippen molar-refractivity contribution in [3.63, 3.8) is 0 Å². The van der Waals surface area contributed by atoms with E-state index in [9.17, 15) is 0 Å². The van der Waals surface area contributed by atoms with E-state index in [0.717, 1.165) is 19.3 Å². The second kappa shape index (κ2) is 13.6. The Morgan fingerprint density at radius 1 is 0.682 bits per heavy atom. The predicted octanol–water partition coefficient (Wildman–Crippen LogP) is 6.54. The normalized spacial score (nSPS) is 12.5. The molecule has 0 fully saturated rings.